The van der Waals surface area contributed by atoms with Gasteiger partial charge in [0.2, 0.25) is 0 Å². The number of hydrogen-bond donors (Lipinski definition) is 1. The third-order valence-corrected chi connectivity index (χ3v) is 4.25. The van der Waals surface area contributed by atoms with Crippen molar-refractivity contribution < 1.29 is 14.3 Å². The summed E-state index contributed by atoms with van der Waals surface area (Å²) in [6.45, 7) is 4.07. The Hall–Kier alpha value is -2.62. The monoisotopic (exact) mass is 309 g/mol. The molecule has 3 rings (SSSR count). The third-order valence-electron chi connectivity index (χ3n) is 4.25. The highest BCUT2D eigenvalue weighted by molar-refractivity contribution is 5.97. The smallest absolute Gasteiger partial charge is 0.251 e. The molecule has 0 aliphatic carbocycles. The highest BCUT2D eigenvalue weighted by Gasteiger charge is 2.29. The van der Waals surface area contributed by atoms with E-state index in [1.165, 1.54) is 6.92 Å². The molecule has 4 nitrogen and oxygen atoms in total. The van der Waals surface area contributed by atoms with E-state index in [1.807, 2.05) is 31.2 Å². The lowest BCUT2D eigenvalue weighted by Crippen LogP contribution is -2.37. The lowest BCUT2D eigenvalue weighted by atomic mass is 9.94. The fourth-order valence-corrected chi connectivity index (χ4v) is 2.85. The molecule has 2 aromatic carbocycles. The van der Waals surface area contributed by atoms with E-state index in [-0.39, 0.29) is 23.7 Å². The van der Waals surface area contributed by atoms with Crippen LogP contribution < -0.4 is 10.1 Å². The van der Waals surface area contributed by atoms with Gasteiger partial charge in [0.05, 0.1) is 6.61 Å². The Morgan fingerprint density at radius 2 is 1.74 bits per heavy atom. The topological polar surface area (TPSA) is 55.4 Å². The molecule has 0 unspecified atom stereocenters. The van der Waals surface area contributed by atoms with E-state index in [9.17, 15) is 9.59 Å². The van der Waals surface area contributed by atoms with Crippen LogP contribution in [0.4, 0.5) is 0 Å². The first-order valence-electron chi connectivity index (χ1n) is 7.70. The van der Waals surface area contributed by atoms with Gasteiger partial charge in [0.25, 0.3) is 5.91 Å². The molecule has 1 heterocycles. The molecule has 0 bridgehead atoms. The van der Waals surface area contributed by atoms with E-state index in [1.54, 1.807) is 24.3 Å². The molecule has 1 amide bonds. The Kier molecular flexibility index (Phi) is 4.15. The van der Waals surface area contributed by atoms with Gasteiger partial charge in [-0.1, -0.05) is 30.3 Å². The Labute approximate surface area is 135 Å². The van der Waals surface area contributed by atoms with Crippen molar-refractivity contribution in [2.45, 2.75) is 25.8 Å². The molecule has 4 heteroatoms. The first-order chi connectivity index (χ1) is 11.1. The highest BCUT2D eigenvalue weighted by atomic mass is 16.5. The van der Waals surface area contributed by atoms with Crippen LogP contribution >= 0.6 is 0 Å². The summed E-state index contributed by atoms with van der Waals surface area (Å²) < 4.78 is 5.67. The lowest BCUT2D eigenvalue weighted by Gasteiger charge is -2.20. The number of ether oxygens (including phenoxy) is 1. The summed E-state index contributed by atoms with van der Waals surface area (Å²) in [5, 5.41) is 3.02. The van der Waals surface area contributed by atoms with Gasteiger partial charge in [-0.3, -0.25) is 9.59 Å². The lowest BCUT2D eigenvalue weighted by molar-refractivity contribution is 0.0930. The van der Waals surface area contributed by atoms with Crippen LogP contribution in [-0.2, 0) is 0 Å². The summed E-state index contributed by atoms with van der Waals surface area (Å²) in [6.07, 6.45) is 0. The van der Waals surface area contributed by atoms with E-state index in [0.29, 0.717) is 17.7 Å². The zero-order valence-corrected chi connectivity index (χ0v) is 13.2. The summed E-state index contributed by atoms with van der Waals surface area (Å²) in [5.41, 5.74) is 2.29. The Morgan fingerprint density at radius 1 is 1.09 bits per heavy atom. The molecule has 1 aliphatic heterocycles. The predicted molar refractivity (Wildman–Crippen MR) is 88.1 cm³/mol. The number of fused-ring (bicyclic) bond motifs is 1. The fraction of sp³-hybridized carbons (Fsp3) is 0.263. The highest BCUT2D eigenvalue weighted by Crippen LogP contribution is 2.35. The number of Topliss-reactive ketones (excluding diaryl/α,β-unsaturated/α-hetero) is 1. The minimum Gasteiger partial charge on any atom is -0.493 e. The van der Waals surface area contributed by atoms with Gasteiger partial charge in [-0.2, -0.15) is 0 Å². The number of rotatable bonds is 4. The Balaban J connectivity index is 1.69. The molecule has 2 atom stereocenters. The number of ketones is 1. The summed E-state index contributed by atoms with van der Waals surface area (Å²) >= 11 is 0. The van der Waals surface area contributed by atoms with Crippen molar-refractivity contribution in [1.29, 1.82) is 0 Å². The van der Waals surface area contributed by atoms with Crippen LogP contribution in [0.15, 0.2) is 48.5 Å². The van der Waals surface area contributed by atoms with Crippen molar-refractivity contribution in [1.82, 2.24) is 5.32 Å². The molecule has 0 fully saturated rings. The summed E-state index contributed by atoms with van der Waals surface area (Å²) in [7, 11) is 0. The summed E-state index contributed by atoms with van der Waals surface area (Å²) in [4.78, 5) is 23.6. The van der Waals surface area contributed by atoms with Crippen molar-refractivity contribution in [3.05, 3.63) is 65.2 Å². The van der Waals surface area contributed by atoms with Crippen LogP contribution in [0.1, 0.15) is 46.0 Å². The van der Waals surface area contributed by atoms with Crippen molar-refractivity contribution in [3.8, 4) is 5.75 Å². The van der Waals surface area contributed by atoms with Crippen LogP contribution in [0.2, 0.25) is 0 Å². The molecule has 118 valence electrons. The van der Waals surface area contributed by atoms with Crippen molar-refractivity contribution in [2.75, 3.05) is 6.61 Å². The molecule has 0 saturated carbocycles. The van der Waals surface area contributed by atoms with Crippen molar-refractivity contribution in [2.24, 2.45) is 0 Å². The van der Waals surface area contributed by atoms with E-state index < -0.39 is 0 Å². The molecule has 0 spiro atoms. The number of amides is 1. The van der Waals surface area contributed by atoms with Crippen molar-refractivity contribution in [3.63, 3.8) is 0 Å². The number of carbonyl (C=O) groups excluding carboxylic acids is 2. The molecule has 0 aromatic heterocycles. The third kappa shape index (κ3) is 3.11. The largest absolute Gasteiger partial charge is 0.493 e. The molecule has 1 aliphatic rings. The maximum absolute atomic E-state index is 12.4. The fourth-order valence-electron chi connectivity index (χ4n) is 2.85. The van der Waals surface area contributed by atoms with E-state index in [2.05, 4.69) is 5.32 Å². The first-order valence-corrected chi connectivity index (χ1v) is 7.70. The van der Waals surface area contributed by atoms with Gasteiger partial charge in [-0.15, -0.1) is 0 Å². The molecule has 0 radical (unpaired) electrons. The van der Waals surface area contributed by atoms with Crippen LogP contribution in [0.5, 0.6) is 5.75 Å². The molecule has 23 heavy (non-hydrogen) atoms. The predicted octanol–water partition coefficient (Wildman–Crippen LogP) is 3.18. The van der Waals surface area contributed by atoms with Gasteiger partial charge in [0.15, 0.2) is 5.78 Å². The van der Waals surface area contributed by atoms with Crippen LogP contribution in [0, 0.1) is 0 Å². The number of para-hydroxylation sites is 1. The van der Waals surface area contributed by atoms with E-state index >= 15 is 0 Å². The maximum Gasteiger partial charge on any atom is 0.251 e. The average molecular weight is 309 g/mol. The zero-order valence-electron chi connectivity index (χ0n) is 13.2. The molecule has 0 saturated heterocycles. The van der Waals surface area contributed by atoms with Crippen LogP contribution in [0.25, 0.3) is 0 Å². The van der Waals surface area contributed by atoms with Crippen molar-refractivity contribution >= 4 is 11.7 Å². The first kappa shape index (κ1) is 15.3. The second-order valence-electron chi connectivity index (χ2n) is 5.85. The minimum absolute atomic E-state index is 0.00922. The van der Waals surface area contributed by atoms with E-state index in [0.717, 1.165) is 11.3 Å². The summed E-state index contributed by atoms with van der Waals surface area (Å²) in [6, 6.07) is 14.6. The minimum atomic E-state index is -0.142. The quantitative estimate of drug-likeness (QED) is 0.883. The van der Waals surface area contributed by atoms with Gasteiger partial charge in [0, 0.05) is 28.7 Å². The zero-order chi connectivity index (χ0) is 16.4. The Bertz CT molecular complexity index is 737. The Morgan fingerprint density at radius 3 is 2.43 bits per heavy atom. The van der Waals surface area contributed by atoms with Gasteiger partial charge in [-0.05, 0) is 32.0 Å². The number of carbonyl (C=O) groups is 2. The maximum atomic E-state index is 12.4. The standard InChI is InChI=1S/C19H19NO3/c1-12(17-11-23-18-6-4-3-5-16(17)18)20-19(22)15-9-7-14(8-10-15)13(2)21/h3-10,12,17H,11H2,1-2H3,(H,20,22)/t12-,17+/m0/s1. The van der Waals surface area contributed by atoms with Gasteiger partial charge in [0.1, 0.15) is 5.75 Å². The molecular formula is C19H19NO3. The van der Waals surface area contributed by atoms with Crippen LogP contribution in [0.3, 0.4) is 0 Å². The van der Waals surface area contributed by atoms with E-state index in [4.69, 9.17) is 4.74 Å². The molecule has 1 N–H and O–H groups in total. The molecule has 2 aromatic rings. The number of benzene rings is 2. The summed E-state index contributed by atoms with van der Waals surface area (Å²) in [5.74, 6) is 0.887. The number of hydrogen-bond acceptors (Lipinski definition) is 3. The second kappa shape index (κ2) is 6.24. The molecular weight excluding hydrogens is 290 g/mol. The van der Waals surface area contributed by atoms with Gasteiger partial charge >= 0.3 is 0 Å². The normalized spacial score (nSPS) is 17.0. The average Bonchev–Trinajstić information content (AvgIpc) is 2.99. The van der Waals surface area contributed by atoms with Gasteiger partial charge in [-0.25, -0.2) is 0 Å². The number of nitrogens with one attached hydrogen (secondary N) is 1. The van der Waals surface area contributed by atoms with Crippen LogP contribution in [-0.4, -0.2) is 24.3 Å². The van der Waals surface area contributed by atoms with Gasteiger partial charge < -0.3 is 10.1 Å². The second-order valence-corrected chi connectivity index (χ2v) is 5.85. The SMILES string of the molecule is CC(=O)c1ccc(C(=O)N[C@@H](C)[C@H]2COc3ccccc32)cc1.